The molecule has 10 heteroatoms. The molecule has 1 unspecified atom stereocenters. The predicted octanol–water partition coefficient (Wildman–Crippen LogP) is 7.20. The fraction of sp³-hybridized carbons (Fsp3) is 0.294. The molecule has 0 amide bonds. The molecule has 0 bridgehead atoms. The predicted molar refractivity (Wildman–Crippen MR) is 119 cm³/mol. The molecule has 0 N–H and O–H groups in total. The number of halogens is 1. The van der Waals surface area contributed by atoms with Gasteiger partial charge in [-0.1, -0.05) is 29.9 Å². The second-order valence-electron chi connectivity index (χ2n) is 5.25. The molecule has 0 aromatic heterocycles. The summed E-state index contributed by atoms with van der Waals surface area (Å²) in [7, 11) is -2.76. The molecule has 148 valence electrons. The summed E-state index contributed by atoms with van der Waals surface area (Å²) in [5.74, 6) is -2.11. The number of rotatable bonds is 10. The van der Waals surface area contributed by atoms with Crippen LogP contribution in [0.2, 0.25) is 5.02 Å². The van der Waals surface area contributed by atoms with Gasteiger partial charge in [-0.3, -0.25) is 4.57 Å². The summed E-state index contributed by atoms with van der Waals surface area (Å²) in [6.45, 7) is 4.23. The quantitative estimate of drug-likeness (QED) is 0.262. The minimum atomic E-state index is -3.53. The van der Waals surface area contributed by atoms with Crippen LogP contribution in [0.1, 0.15) is 20.3 Å². The fourth-order valence-electron chi connectivity index (χ4n) is 1.91. The Morgan fingerprint density at radius 1 is 1.00 bits per heavy atom. The normalized spacial score (nSPS) is 14.0. The highest BCUT2D eigenvalue weighted by atomic mass is 35.5. The van der Waals surface area contributed by atoms with Gasteiger partial charge in [0.25, 0.3) is 0 Å². The zero-order valence-electron chi connectivity index (χ0n) is 14.8. The first-order chi connectivity index (χ1) is 12.8. The molecule has 4 nitrogen and oxygen atoms in total. The van der Waals surface area contributed by atoms with Gasteiger partial charge in [-0.15, -0.1) is 0 Å². The van der Waals surface area contributed by atoms with Crippen LogP contribution in [0, 0.1) is 0 Å². The Labute approximate surface area is 177 Å². The van der Waals surface area contributed by atoms with Crippen LogP contribution in [-0.2, 0) is 18.0 Å². The molecule has 0 saturated heterocycles. The van der Waals surface area contributed by atoms with Crippen molar-refractivity contribution in [3.05, 3.63) is 53.6 Å². The number of benzene rings is 2. The third-order valence-electron chi connectivity index (χ3n) is 3.09. The lowest BCUT2D eigenvalue weighted by atomic mass is 10.4. The van der Waals surface area contributed by atoms with Crippen molar-refractivity contribution in [2.75, 3.05) is 12.4 Å². The summed E-state index contributed by atoms with van der Waals surface area (Å²) in [5.41, 5.74) is 0. The second kappa shape index (κ2) is 10.6. The minimum absolute atomic E-state index is 0.201. The highest BCUT2D eigenvalue weighted by Gasteiger charge is 2.25. The van der Waals surface area contributed by atoms with Gasteiger partial charge < -0.3 is 4.52 Å². The molecule has 2 aromatic rings. The van der Waals surface area contributed by atoms with Crippen molar-refractivity contribution in [1.29, 1.82) is 0 Å². The van der Waals surface area contributed by atoms with Gasteiger partial charge >= 0.3 is 5.77 Å². The minimum Gasteiger partial charge on any atom is -0.314 e. The van der Waals surface area contributed by atoms with Crippen molar-refractivity contribution in [1.82, 2.24) is 0 Å². The van der Waals surface area contributed by atoms with Gasteiger partial charge in [-0.2, -0.15) is 0 Å². The van der Waals surface area contributed by atoms with Crippen molar-refractivity contribution < 1.29 is 17.5 Å². The van der Waals surface area contributed by atoms with E-state index >= 15 is 0 Å². The molecule has 0 aliphatic heterocycles. The van der Waals surface area contributed by atoms with Gasteiger partial charge in [0, 0.05) is 31.4 Å². The lowest BCUT2D eigenvalue weighted by Gasteiger charge is -2.15. The Morgan fingerprint density at radius 3 is 2.15 bits per heavy atom. The van der Waals surface area contributed by atoms with E-state index in [-0.39, 0.29) is 4.90 Å². The Kier molecular flexibility index (Phi) is 9.13. The Balaban J connectivity index is 2.10. The lowest BCUT2D eigenvalue weighted by molar-refractivity contribution is 0.357. The zero-order valence-corrected chi connectivity index (χ0v) is 19.7. The monoisotopic (exact) mass is 482 g/mol. The zero-order chi connectivity index (χ0) is 19.9. The highest BCUT2D eigenvalue weighted by Crippen LogP contribution is 2.72. The van der Waals surface area contributed by atoms with Crippen LogP contribution >= 0.6 is 50.9 Å². The van der Waals surface area contributed by atoms with Gasteiger partial charge in [0.05, 0.1) is 11.5 Å². The van der Waals surface area contributed by atoms with E-state index in [0.717, 1.165) is 27.9 Å². The Bertz CT molecular complexity index is 886. The molecular weight excluding hydrogens is 463 g/mol. The van der Waals surface area contributed by atoms with Crippen LogP contribution in [0.25, 0.3) is 0 Å². The Hall–Kier alpha value is -0.0800. The van der Waals surface area contributed by atoms with E-state index in [0.29, 0.717) is 16.5 Å². The van der Waals surface area contributed by atoms with E-state index in [1.54, 1.807) is 36.4 Å². The summed E-state index contributed by atoms with van der Waals surface area (Å²) in [6.07, 6.45) is 0.917. The molecule has 0 aliphatic rings. The van der Waals surface area contributed by atoms with E-state index in [1.807, 2.05) is 13.8 Å². The smallest absolute Gasteiger partial charge is 0.314 e. The van der Waals surface area contributed by atoms with E-state index < -0.39 is 14.6 Å². The van der Waals surface area contributed by atoms with Crippen LogP contribution in [0.4, 0.5) is 0 Å². The van der Waals surface area contributed by atoms with Crippen LogP contribution in [0.3, 0.4) is 0 Å². The first-order valence-electron chi connectivity index (χ1n) is 8.17. The molecule has 0 spiro atoms. The Morgan fingerprint density at radius 2 is 1.59 bits per heavy atom. The summed E-state index contributed by atoms with van der Waals surface area (Å²) < 4.78 is 43.3. The molecule has 27 heavy (non-hydrogen) atoms. The largest absolute Gasteiger partial charge is 0.317 e. The molecule has 0 saturated carbocycles. The van der Waals surface area contributed by atoms with Crippen LogP contribution in [-0.4, -0.2) is 20.8 Å². The van der Waals surface area contributed by atoms with Gasteiger partial charge in [0.15, 0.2) is 0 Å². The topological polar surface area (TPSA) is 60.4 Å². The van der Waals surface area contributed by atoms with E-state index in [4.69, 9.17) is 16.1 Å². The van der Waals surface area contributed by atoms with Gasteiger partial charge in [0.1, 0.15) is 0 Å². The first kappa shape index (κ1) is 23.2. The van der Waals surface area contributed by atoms with Crippen LogP contribution < -0.4 is 0 Å². The van der Waals surface area contributed by atoms with Gasteiger partial charge in [-0.05, 0) is 73.3 Å². The summed E-state index contributed by atoms with van der Waals surface area (Å²) in [6, 6.07) is 13.0. The average molecular weight is 483 g/mol. The molecule has 2 aromatic carbocycles. The van der Waals surface area contributed by atoms with Crippen LogP contribution in [0.15, 0.2) is 63.2 Å². The lowest BCUT2D eigenvalue weighted by Crippen LogP contribution is -1.94. The highest BCUT2D eigenvalue weighted by molar-refractivity contribution is 8.89. The second-order valence-corrected chi connectivity index (χ2v) is 16.9. The van der Waals surface area contributed by atoms with Gasteiger partial charge in [-0.25, -0.2) is 8.42 Å². The maximum absolute atomic E-state index is 12.9. The first-order valence-corrected chi connectivity index (χ1v) is 16.0. The average Bonchev–Trinajstić information content (AvgIpc) is 2.62. The molecule has 2 rings (SSSR count). The molecule has 0 heterocycles. The van der Waals surface area contributed by atoms with E-state index in [9.17, 15) is 13.0 Å². The third-order valence-corrected chi connectivity index (χ3v) is 13.9. The molecule has 0 aliphatic carbocycles. The van der Waals surface area contributed by atoms with E-state index in [2.05, 4.69) is 0 Å². The maximum Gasteiger partial charge on any atom is 0.317 e. The summed E-state index contributed by atoms with van der Waals surface area (Å²) in [4.78, 5) is 1.57. The molecule has 1 atom stereocenters. The summed E-state index contributed by atoms with van der Waals surface area (Å²) >= 11 is 8.35. The summed E-state index contributed by atoms with van der Waals surface area (Å²) in [5, 5.41) is 0.486. The van der Waals surface area contributed by atoms with Crippen molar-refractivity contribution in [2.24, 2.45) is 0 Å². The molecular formula is C17H20ClO4PS4. The van der Waals surface area contributed by atoms with Crippen molar-refractivity contribution in [3.63, 3.8) is 0 Å². The molecule has 0 fully saturated rings. The third kappa shape index (κ3) is 7.35. The van der Waals surface area contributed by atoms with Crippen molar-refractivity contribution in [2.45, 2.75) is 35.0 Å². The van der Waals surface area contributed by atoms with Crippen LogP contribution in [0.5, 0.6) is 0 Å². The molecule has 0 radical (unpaired) electrons. The standard InChI is InChI=1S/C17H20ClO4PS4/c1-3-13-24-23(19,22-4-2)25-15-7-9-16(10-8-15)26-27(20,21)17-11-5-14(18)6-12-17/h5-12H,3-4,13H2,1-2H3. The van der Waals surface area contributed by atoms with Gasteiger partial charge in [0.2, 0.25) is 8.87 Å². The maximum atomic E-state index is 12.9. The number of hydrogen-bond donors (Lipinski definition) is 0. The number of hydrogen-bond acceptors (Lipinski definition) is 7. The van der Waals surface area contributed by atoms with Crippen molar-refractivity contribution in [3.8, 4) is 0 Å². The van der Waals surface area contributed by atoms with Crippen molar-refractivity contribution >= 4 is 59.8 Å². The van der Waals surface area contributed by atoms with E-state index in [1.165, 1.54) is 34.9 Å². The fourth-order valence-corrected chi connectivity index (χ4v) is 11.7. The SMILES string of the molecule is CCCSP(=O)(OCC)Sc1ccc(SS(=O)(=O)c2ccc(Cl)cc2)cc1.